The summed E-state index contributed by atoms with van der Waals surface area (Å²) in [5.74, 6) is 0.0623. The van der Waals surface area contributed by atoms with E-state index in [0.29, 0.717) is 0 Å². The Morgan fingerprint density at radius 1 is 0.920 bits per heavy atom. The van der Waals surface area contributed by atoms with Crippen LogP contribution in [0.4, 0.5) is 5.69 Å². The summed E-state index contributed by atoms with van der Waals surface area (Å²) in [6, 6.07) is 18.6. The van der Waals surface area contributed by atoms with Gasteiger partial charge in [0.05, 0.1) is 0 Å². The van der Waals surface area contributed by atoms with Gasteiger partial charge < -0.3 is 4.90 Å². The van der Waals surface area contributed by atoms with Crippen LogP contribution in [0.15, 0.2) is 60.7 Å². The number of anilines is 1. The molecule has 0 aromatic heterocycles. The molecule has 3 aromatic carbocycles. The number of hydrogen-bond donors (Lipinski definition) is 0. The second kappa shape index (κ2) is 6.21. The molecular weight excluding hydrogens is 306 g/mol. The molecule has 2 heteroatoms. The first-order chi connectivity index (χ1) is 12.1. The molecule has 4 rings (SSSR count). The van der Waals surface area contributed by atoms with Crippen LogP contribution in [0.2, 0.25) is 0 Å². The van der Waals surface area contributed by atoms with Gasteiger partial charge in [-0.3, -0.25) is 4.79 Å². The topological polar surface area (TPSA) is 20.3 Å². The molecule has 1 aliphatic rings. The zero-order valence-corrected chi connectivity index (χ0v) is 14.6. The number of aryl methyl sites for hydroxylation is 2. The van der Waals surface area contributed by atoms with Crippen LogP contribution in [0.25, 0.3) is 16.8 Å². The van der Waals surface area contributed by atoms with Crippen LogP contribution in [0.3, 0.4) is 0 Å². The Hall–Kier alpha value is -2.87. The van der Waals surface area contributed by atoms with Gasteiger partial charge in [-0.1, -0.05) is 48.5 Å². The molecule has 0 N–H and O–H groups in total. The van der Waals surface area contributed by atoms with Crippen molar-refractivity contribution in [1.82, 2.24) is 0 Å². The number of rotatable bonds is 4. The van der Waals surface area contributed by atoms with Gasteiger partial charge in [0, 0.05) is 25.3 Å². The van der Waals surface area contributed by atoms with Crippen LogP contribution >= 0.6 is 0 Å². The van der Waals surface area contributed by atoms with Crippen molar-refractivity contribution in [2.75, 3.05) is 19.0 Å². The summed E-state index contributed by atoms with van der Waals surface area (Å²) in [6.07, 6.45) is 5.74. The quantitative estimate of drug-likeness (QED) is 0.502. The lowest BCUT2D eigenvalue weighted by molar-refractivity contribution is 0.104. The first kappa shape index (κ1) is 15.6. The lowest BCUT2D eigenvalue weighted by atomic mass is 9.97. The van der Waals surface area contributed by atoms with E-state index < -0.39 is 0 Å². The summed E-state index contributed by atoms with van der Waals surface area (Å²) in [7, 11) is 4.04. The third-order valence-corrected chi connectivity index (χ3v) is 4.98. The average Bonchev–Trinajstić information content (AvgIpc) is 3.05. The predicted molar refractivity (Wildman–Crippen MR) is 105 cm³/mol. The number of benzene rings is 3. The molecule has 0 aliphatic heterocycles. The summed E-state index contributed by atoms with van der Waals surface area (Å²) in [6.45, 7) is 0. The van der Waals surface area contributed by atoms with Crippen molar-refractivity contribution in [3.05, 3.63) is 82.9 Å². The molecule has 0 bridgehead atoms. The van der Waals surface area contributed by atoms with Gasteiger partial charge in [0.1, 0.15) is 0 Å². The number of allylic oxidation sites excluding steroid dienone is 1. The molecule has 3 aromatic rings. The van der Waals surface area contributed by atoms with Crippen molar-refractivity contribution >= 4 is 28.3 Å². The highest BCUT2D eigenvalue weighted by atomic mass is 16.1. The van der Waals surface area contributed by atoms with Crippen molar-refractivity contribution in [1.29, 1.82) is 0 Å². The molecular formula is C23H21NO. The molecule has 1 aliphatic carbocycles. The van der Waals surface area contributed by atoms with E-state index in [1.165, 1.54) is 16.5 Å². The van der Waals surface area contributed by atoms with E-state index in [4.69, 9.17) is 0 Å². The lowest BCUT2D eigenvalue weighted by Gasteiger charge is -2.11. The maximum absolute atomic E-state index is 12.8. The van der Waals surface area contributed by atoms with E-state index in [2.05, 4.69) is 41.3 Å². The van der Waals surface area contributed by atoms with Gasteiger partial charge in [0.2, 0.25) is 0 Å². The normalized spacial score (nSPS) is 12.9. The van der Waals surface area contributed by atoms with Crippen molar-refractivity contribution in [2.24, 2.45) is 0 Å². The first-order valence-corrected chi connectivity index (χ1v) is 8.67. The fourth-order valence-corrected chi connectivity index (χ4v) is 3.61. The van der Waals surface area contributed by atoms with Crippen LogP contribution in [0.1, 0.15) is 27.0 Å². The van der Waals surface area contributed by atoms with Gasteiger partial charge in [0.15, 0.2) is 5.78 Å². The fraction of sp³-hybridized carbons (Fsp3) is 0.174. The van der Waals surface area contributed by atoms with E-state index in [9.17, 15) is 4.79 Å². The molecule has 0 heterocycles. The van der Waals surface area contributed by atoms with Crippen LogP contribution < -0.4 is 4.90 Å². The highest BCUT2D eigenvalue weighted by Gasteiger charge is 2.17. The second-order valence-electron chi connectivity index (χ2n) is 6.80. The van der Waals surface area contributed by atoms with Crippen molar-refractivity contribution < 1.29 is 4.79 Å². The minimum atomic E-state index is 0.0623. The Balaban J connectivity index is 1.65. The molecule has 124 valence electrons. The summed E-state index contributed by atoms with van der Waals surface area (Å²) >= 11 is 0. The van der Waals surface area contributed by atoms with Gasteiger partial charge in [-0.15, -0.1) is 0 Å². The molecule has 0 unspecified atom stereocenters. The second-order valence-corrected chi connectivity index (χ2v) is 6.80. The zero-order valence-electron chi connectivity index (χ0n) is 14.6. The molecule has 2 nitrogen and oxygen atoms in total. The van der Waals surface area contributed by atoms with Crippen molar-refractivity contribution in [3.63, 3.8) is 0 Å². The van der Waals surface area contributed by atoms with E-state index in [-0.39, 0.29) is 5.78 Å². The highest BCUT2D eigenvalue weighted by Crippen LogP contribution is 2.33. The summed E-state index contributed by atoms with van der Waals surface area (Å²) in [5, 5.41) is 2.38. The van der Waals surface area contributed by atoms with Crippen LogP contribution in [0, 0.1) is 0 Å². The van der Waals surface area contributed by atoms with Crippen LogP contribution in [-0.2, 0) is 12.8 Å². The highest BCUT2D eigenvalue weighted by molar-refractivity contribution is 6.15. The predicted octanol–water partition coefficient (Wildman–Crippen LogP) is 4.90. The van der Waals surface area contributed by atoms with E-state index in [1.807, 2.05) is 38.4 Å². The monoisotopic (exact) mass is 327 g/mol. The SMILES string of the molecule is CN(C)c1ccc(/C=C/C(=O)c2ccc3c4c(cccc24)CC3)cc1. The van der Waals surface area contributed by atoms with Gasteiger partial charge in [-0.25, -0.2) is 0 Å². The van der Waals surface area contributed by atoms with Crippen LogP contribution in [-0.4, -0.2) is 19.9 Å². The van der Waals surface area contributed by atoms with Gasteiger partial charge >= 0.3 is 0 Å². The molecule has 25 heavy (non-hydrogen) atoms. The maximum atomic E-state index is 12.8. The summed E-state index contributed by atoms with van der Waals surface area (Å²) in [4.78, 5) is 14.8. The average molecular weight is 327 g/mol. The van der Waals surface area contributed by atoms with E-state index in [0.717, 1.165) is 35.0 Å². The van der Waals surface area contributed by atoms with Crippen molar-refractivity contribution in [3.8, 4) is 0 Å². The Morgan fingerprint density at radius 2 is 1.64 bits per heavy atom. The molecule has 0 amide bonds. The van der Waals surface area contributed by atoms with Crippen LogP contribution in [0.5, 0.6) is 0 Å². The Kier molecular flexibility index (Phi) is 3.89. The largest absolute Gasteiger partial charge is 0.378 e. The number of ketones is 1. The number of nitrogens with zero attached hydrogens (tertiary/aromatic N) is 1. The number of carbonyl (C=O) groups excluding carboxylic acids is 1. The summed E-state index contributed by atoms with van der Waals surface area (Å²) in [5.41, 5.74) is 5.71. The maximum Gasteiger partial charge on any atom is 0.186 e. The molecule has 0 saturated heterocycles. The zero-order chi connectivity index (χ0) is 17.4. The number of hydrogen-bond acceptors (Lipinski definition) is 2. The molecule has 0 radical (unpaired) electrons. The molecule has 0 atom stereocenters. The standard InChI is InChI=1S/C23H21NO/c1-24(2)19-12-6-16(7-13-19)8-15-22(25)20-14-11-18-10-9-17-4-3-5-21(20)23(17)18/h3-8,11-15H,9-10H2,1-2H3/b15-8+. The Morgan fingerprint density at radius 3 is 2.36 bits per heavy atom. The lowest BCUT2D eigenvalue weighted by Crippen LogP contribution is -2.07. The van der Waals surface area contributed by atoms with Gasteiger partial charge in [-0.2, -0.15) is 0 Å². The molecule has 0 saturated carbocycles. The number of carbonyl (C=O) groups is 1. The van der Waals surface area contributed by atoms with E-state index in [1.54, 1.807) is 6.08 Å². The first-order valence-electron chi connectivity index (χ1n) is 8.67. The molecule has 0 fully saturated rings. The minimum Gasteiger partial charge on any atom is -0.378 e. The smallest absolute Gasteiger partial charge is 0.186 e. The van der Waals surface area contributed by atoms with Crippen molar-refractivity contribution in [2.45, 2.75) is 12.8 Å². The molecule has 0 spiro atoms. The third-order valence-electron chi connectivity index (χ3n) is 4.98. The summed E-state index contributed by atoms with van der Waals surface area (Å²) < 4.78 is 0. The minimum absolute atomic E-state index is 0.0623. The van der Waals surface area contributed by atoms with E-state index >= 15 is 0 Å². The third kappa shape index (κ3) is 2.85. The Bertz CT molecular complexity index is 971. The van der Waals surface area contributed by atoms with Gasteiger partial charge in [-0.05, 0) is 58.5 Å². The fourth-order valence-electron chi connectivity index (χ4n) is 3.61. The Labute approximate surface area is 148 Å². The van der Waals surface area contributed by atoms with Gasteiger partial charge in [0.25, 0.3) is 0 Å².